The van der Waals surface area contributed by atoms with Gasteiger partial charge in [-0.15, -0.1) is 0 Å². The molecule has 0 saturated carbocycles. The maximum atomic E-state index is 6.05. The van der Waals surface area contributed by atoms with Gasteiger partial charge in [-0.25, -0.2) is 0 Å². The van der Waals surface area contributed by atoms with Crippen LogP contribution in [-0.4, -0.2) is 0 Å². The third kappa shape index (κ3) is 3.22. The fourth-order valence-corrected chi connectivity index (χ4v) is 1.77. The number of hydrogen-bond donors (Lipinski definition) is 1. The third-order valence-electron chi connectivity index (χ3n) is 2.49. The maximum Gasteiger partial charge on any atom is 0.121 e. The summed E-state index contributed by atoms with van der Waals surface area (Å²) in [6, 6.07) is 15.6. The van der Waals surface area contributed by atoms with Gasteiger partial charge in [0.25, 0.3) is 0 Å². The molecule has 0 aliphatic rings. The van der Waals surface area contributed by atoms with Crippen molar-refractivity contribution in [1.29, 1.82) is 0 Å². The first-order valence-electron chi connectivity index (χ1n) is 5.45. The number of hydrogen-bond acceptors (Lipinski definition) is 2. The fourth-order valence-electron chi connectivity index (χ4n) is 1.52. The van der Waals surface area contributed by atoms with Gasteiger partial charge in [0.2, 0.25) is 0 Å². The van der Waals surface area contributed by atoms with E-state index in [9.17, 15) is 0 Å². The first kappa shape index (κ1) is 12.0. The topological polar surface area (TPSA) is 35.2 Å². The van der Waals surface area contributed by atoms with Gasteiger partial charge in [-0.2, -0.15) is 0 Å². The molecule has 0 atom stereocenters. The Hall–Kier alpha value is -1.51. The second-order valence-electron chi connectivity index (χ2n) is 3.73. The molecule has 0 saturated heterocycles. The van der Waals surface area contributed by atoms with Crippen molar-refractivity contribution in [1.82, 2.24) is 0 Å². The highest BCUT2D eigenvalue weighted by Crippen LogP contribution is 2.22. The second kappa shape index (κ2) is 5.71. The molecule has 3 heteroatoms. The van der Waals surface area contributed by atoms with Crippen molar-refractivity contribution in [3.05, 3.63) is 64.7 Å². The summed E-state index contributed by atoms with van der Waals surface area (Å²) in [7, 11) is 0. The molecule has 0 amide bonds. The summed E-state index contributed by atoms with van der Waals surface area (Å²) in [5.41, 5.74) is 7.60. The van der Waals surface area contributed by atoms with E-state index in [4.69, 9.17) is 22.1 Å². The SMILES string of the molecule is NCc1ccc(OCc2ccccc2)cc1Cl. The molecule has 2 nitrogen and oxygen atoms in total. The van der Waals surface area contributed by atoms with Crippen LogP contribution in [0.25, 0.3) is 0 Å². The van der Waals surface area contributed by atoms with E-state index in [1.807, 2.05) is 42.5 Å². The number of ether oxygens (including phenoxy) is 1. The fraction of sp³-hybridized carbons (Fsp3) is 0.143. The highest BCUT2D eigenvalue weighted by atomic mass is 35.5. The van der Waals surface area contributed by atoms with Crippen LogP contribution < -0.4 is 10.5 Å². The van der Waals surface area contributed by atoms with Gasteiger partial charge in [-0.1, -0.05) is 48.0 Å². The monoisotopic (exact) mass is 247 g/mol. The molecule has 2 aromatic carbocycles. The number of nitrogens with two attached hydrogens (primary N) is 1. The van der Waals surface area contributed by atoms with Gasteiger partial charge in [0, 0.05) is 11.6 Å². The summed E-state index contributed by atoms with van der Waals surface area (Å²) < 4.78 is 5.65. The van der Waals surface area contributed by atoms with E-state index in [0.717, 1.165) is 16.9 Å². The van der Waals surface area contributed by atoms with E-state index >= 15 is 0 Å². The first-order chi connectivity index (χ1) is 8.29. The summed E-state index contributed by atoms with van der Waals surface area (Å²) in [5, 5.41) is 0.651. The normalized spacial score (nSPS) is 10.2. The van der Waals surface area contributed by atoms with Crippen molar-refractivity contribution in [3.63, 3.8) is 0 Å². The van der Waals surface area contributed by atoms with Crippen LogP contribution in [0.2, 0.25) is 5.02 Å². The van der Waals surface area contributed by atoms with Gasteiger partial charge < -0.3 is 10.5 Å². The predicted octanol–water partition coefficient (Wildman–Crippen LogP) is 3.38. The number of benzene rings is 2. The van der Waals surface area contributed by atoms with Crippen molar-refractivity contribution in [3.8, 4) is 5.75 Å². The van der Waals surface area contributed by atoms with Crippen molar-refractivity contribution < 1.29 is 4.74 Å². The minimum absolute atomic E-state index is 0.442. The Morgan fingerprint density at radius 3 is 2.47 bits per heavy atom. The average Bonchev–Trinajstić information content (AvgIpc) is 2.38. The van der Waals surface area contributed by atoms with E-state index in [0.29, 0.717) is 18.2 Å². The molecule has 2 aromatic rings. The van der Waals surface area contributed by atoms with Crippen molar-refractivity contribution in [2.45, 2.75) is 13.2 Å². The molecule has 0 bridgehead atoms. The maximum absolute atomic E-state index is 6.05. The standard InChI is InChI=1S/C14H14ClNO/c15-14-8-13(7-6-12(14)9-16)17-10-11-4-2-1-3-5-11/h1-8H,9-10,16H2. The molecular weight excluding hydrogens is 234 g/mol. The molecule has 0 radical (unpaired) electrons. The lowest BCUT2D eigenvalue weighted by atomic mass is 10.2. The smallest absolute Gasteiger partial charge is 0.121 e. The van der Waals surface area contributed by atoms with E-state index in [1.165, 1.54) is 0 Å². The molecular formula is C14H14ClNO. The molecule has 2 rings (SSSR count). The van der Waals surface area contributed by atoms with Crippen LogP contribution in [0.15, 0.2) is 48.5 Å². The average molecular weight is 248 g/mol. The van der Waals surface area contributed by atoms with Crippen molar-refractivity contribution in [2.24, 2.45) is 5.73 Å². The number of halogens is 1. The lowest BCUT2D eigenvalue weighted by Gasteiger charge is -2.08. The Morgan fingerprint density at radius 1 is 1.06 bits per heavy atom. The summed E-state index contributed by atoms with van der Waals surface area (Å²) in [6.07, 6.45) is 0. The zero-order valence-corrected chi connectivity index (χ0v) is 10.2. The van der Waals surface area contributed by atoms with Gasteiger partial charge in [-0.3, -0.25) is 0 Å². The lowest BCUT2D eigenvalue weighted by Crippen LogP contribution is -1.99. The molecule has 0 heterocycles. The van der Waals surface area contributed by atoms with Gasteiger partial charge in [0.1, 0.15) is 12.4 Å². The van der Waals surface area contributed by atoms with Gasteiger partial charge in [0.15, 0.2) is 0 Å². The Kier molecular flexibility index (Phi) is 4.02. The molecule has 0 unspecified atom stereocenters. The highest BCUT2D eigenvalue weighted by molar-refractivity contribution is 6.31. The van der Waals surface area contributed by atoms with Crippen molar-refractivity contribution >= 4 is 11.6 Å². The molecule has 17 heavy (non-hydrogen) atoms. The summed E-state index contributed by atoms with van der Waals surface area (Å²) in [6.45, 7) is 0.983. The van der Waals surface area contributed by atoms with E-state index < -0.39 is 0 Å². The molecule has 0 spiro atoms. The van der Waals surface area contributed by atoms with Gasteiger partial charge in [-0.05, 0) is 23.3 Å². The lowest BCUT2D eigenvalue weighted by molar-refractivity contribution is 0.306. The van der Waals surface area contributed by atoms with E-state index in [1.54, 1.807) is 6.07 Å². The minimum Gasteiger partial charge on any atom is -0.489 e. The highest BCUT2D eigenvalue weighted by Gasteiger charge is 2.01. The van der Waals surface area contributed by atoms with Crippen LogP contribution >= 0.6 is 11.6 Å². The van der Waals surface area contributed by atoms with Crippen LogP contribution in [0.5, 0.6) is 5.75 Å². The molecule has 0 fully saturated rings. The van der Waals surface area contributed by atoms with Gasteiger partial charge in [0.05, 0.1) is 0 Å². The van der Waals surface area contributed by atoms with Gasteiger partial charge >= 0.3 is 0 Å². The summed E-state index contributed by atoms with van der Waals surface area (Å²) in [4.78, 5) is 0. The second-order valence-corrected chi connectivity index (χ2v) is 4.14. The Labute approximate surface area is 106 Å². The Morgan fingerprint density at radius 2 is 1.82 bits per heavy atom. The predicted molar refractivity (Wildman–Crippen MR) is 70.1 cm³/mol. The Balaban J connectivity index is 2.02. The summed E-state index contributed by atoms with van der Waals surface area (Å²) >= 11 is 6.05. The van der Waals surface area contributed by atoms with E-state index in [-0.39, 0.29) is 0 Å². The first-order valence-corrected chi connectivity index (χ1v) is 5.82. The molecule has 0 aliphatic carbocycles. The minimum atomic E-state index is 0.442. The number of rotatable bonds is 4. The van der Waals surface area contributed by atoms with Crippen molar-refractivity contribution in [2.75, 3.05) is 0 Å². The van der Waals surface area contributed by atoms with Crippen LogP contribution in [0.1, 0.15) is 11.1 Å². The third-order valence-corrected chi connectivity index (χ3v) is 2.84. The quantitative estimate of drug-likeness (QED) is 0.899. The summed E-state index contributed by atoms with van der Waals surface area (Å²) in [5.74, 6) is 0.760. The molecule has 0 aliphatic heterocycles. The Bertz CT molecular complexity index is 485. The molecule has 0 aromatic heterocycles. The molecule has 2 N–H and O–H groups in total. The van der Waals surface area contributed by atoms with Crippen LogP contribution in [0, 0.1) is 0 Å². The zero-order valence-electron chi connectivity index (χ0n) is 9.40. The zero-order chi connectivity index (χ0) is 12.1. The van der Waals surface area contributed by atoms with Crippen LogP contribution in [0.4, 0.5) is 0 Å². The van der Waals surface area contributed by atoms with Crippen LogP contribution in [-0.2, 0) is 13.2 Å². The van der Waals surface area contributed by atoms with E-state index in [2.05, 4.69) is 0 Å². The molecule has 88 valence electrons. The van der Waals surface area contributed by atoms with Crippen LogP contribution in [0.3, 0.4) is 0 Å². The largest absolute Gasteiger partial charge is 0.489 e.